The maximum atomic E-state index is 13.3. The zero-order valence-corrected chi connectivity index (χ0v) is 17.3. The molecule has 4 aromatic rings. The van der Waals surface area contributed by atoms with Gasteiger partial charge >= 0.3 is 5.91 Å². The molecule has 0 spiro atoms. The fraction of sp³-hybridized carbons (Fsp3) is 0.125. The molecule has 4 rings (SSSR count). The van der Waals surface area contributed by atoms with E-state index in [0.29, 0.717) is 30.0 Å². The molecule has 0 bridgehead atoms. The van der Waals surface area contributed by atoms with Gasteiger partial charge in [-0.3, -0.25) is 4.79 Å². The van der Waals surface area contributed by atoms with Gasteiger partial charge in [0.05, 0.1) is 0 Å². The zero-order valence-electron chi connectivity index (χ0n) is 16.6. The fourth-order valence-corrected chi connectivity index (χ4v) is 3.52. The Morgan fingerprint density at radius 2 is 1.87 bits per heavy atom. The van der Waals surface area contributed by atoms with Crippen LogP contribution in [0.4, 0.5) is 4.39 Å². The molecule has 1 amide bonds. The topological polar surface area (TPSA) is 71.7 Å². The van der Waals surface area contributed by atoms with E-state index < -0.39 is 5.91 Å². The molecule has 1 heterocycles. The highest BCUT2D eigenvalue weighted by molar-refractivity contribution is 6.31. The highest BCUT2D eigenvalue weighted by Gasteiger charge is 2.10. The predicted octanol–water partition coefficient (Wildman–Crippen LogP) is 5.91. The molecule has 0 radical (unpaired) electrons. The highest BCUT2D eigenvalue weighted by atomic mass is 35.5. The Hall–Kier alpha value is -3.60. The van der Waals surface area contributed by atoms with Gasteiger partial charge in [0.25, 0.3) is 0 Å². The Bertz CT molecular complexity index is 1290. The summed E-state index contributed by atoms with van der Waals surface area (Å²) in [6, 6.07) is 19.2. The van der Waals surface area contributed by atoms with Gasteiger partial charge in [-0.25, -0.2) is 4.39 Å². The Kier molecular flexibility index (Phi) is 6.32. The normalized spacial score (nSPS) is 10.6. The van der Waals surface area contributed by atoms with Crippen LogP contribution in [0.25, 0.3) is 10.9 Å². The second-order valence-electron chi connectivity index (χ2n) is 7.12. The molecule has 154 valence electrons. The van der Waals surface area contributed by atoms with Crippen molar-refractivity contribution in [3.05, 3.63) is 106 Å². The van der Waals surface area contributed by atoms with Crippen molar-refractivity contribution in [3.8, 4) is 0 Å². The van der Waals surface area contributed by atoms with Crippen LogP contribution >= 0.6 is 11.6 Å². The number of fused-ring (bicyclic) bond motifs is 1. The Morgan fingerprint density at radius 1 is 1.03 bits per heavy atom. The number of H-pyrrole nitrogens is 1. The lowest BCUT2D eigenvalue weighted by molar-refractivity contribution is 0.0992. The number of rotatable bonds is 6. The van der Waals surface area contributed by atoms with Crippen molar-refractivity contribution in [2.24, 2.45) is 10.2 Å². The van der Waals surface area contributed by atoms with Crippen molar-refractivity contribution >= 4 is 28.4 Å². The lowest BCUT2D eigenvalue weighted by Gasteiger charge is -2.02. The van der Waals surface area contributed by atoms with Crippen molar-refractivity contribution in [1.29, 1.82) is 0 Å². The summed E-state index contributed by atoms with van der Waals surface area (Å²) in [5.74, 6) is -0.720. The third-order valence-corrected chi connectivity index (χ3v) is 5.14. The molecule has 3 aromatic carbocycles. The molecular weight excluding hydrogens is 415 g/mol. The van der Waals surface area contributed by atoms with E-state index in [2.05, 4.69) is 20.1 Å². The highest BCUT2D eigenvalue weighted by Crippen LogP contribution is 2.22. The average Bonchev–Trinajstić information content (AvgIpc) is 3.16. The molecule has 5 nitrogen and oxygen atoms in total. The van der Waals surface area contributed by atoms with Crippen LogP contribution in [-0.2, 0) is 12.8 Å². The van der Waals surface area contributed by atoms with Gasteiger partial charge in [0.15, 0.2) is 0 Å². The minimum absolute atomic E-state index is 0.262. The SMILES string of the molecule is O=C(N=[N+]=NCCc1c[nH]c2ccc(Cl)cc12)c1ccc(Cc2cccc(F)c2)cc1. The quantitative estimate of drug-likeness (QED) is 0.298. The minimum Gasteiger partial charge on any atom is -0.361 e. The van der Waals surface area contributed by atoms with Gasteiger partial charge in [0.2, 0.25) is 10.0 Å². The first-order valence-electron chi connectivity index (χ1n) is 9.79. The van der Waals surface area contributed by atoms with Crippen molar-refractivity contribution < 1.29 is 9.18 Å². The molecule has 0 atom stereocenters. The van der Waals surface area contributed by atoms with E-state index in [4.69, 9.17) is 11.6 Å². The van der Waals surface area contributed by atoms with Crippen molar-refractivity contribution in [1.82, 2.24) is 9.90 Å². The summed E-state index contributed by atoms with van der Waals surface area (Å²) in [5, 5.41) is 9.36. The molecule has 7 heteroatoms. The first-order valence-corrected chi connectivity index (χ1v) is 10.2. The number of amides is 1. The minimum atomic E-state index is -0.458. The van der Waals surface area contributed by atoms with Gasteiger partial charge in [0, 0.05) is 34.1 Å². The number of carbonyl (C=O) groups excluding carboxylic acids is 1. The fourth-order valence-electron chi connectivity index (χ4n) is 3.35. The summed E-state index contributed by atoms with van der Waals surface area (Å²) >= 11 is 6.06. The standard InChI is InChI=1S/C24H18ClFN4O/c25-20-8-9-23-22(14-20)19(15-27-23)10-11-28-30-29-24(31)18-6-4-16(5-7-18)12-17-2-1-3-21(26)13-17/h1-9,13-15H,10-12H2/p+1. The molecule has 0 saturated carbocycles. The Labute approximate surface area is 183 Å². The van der Waals surface area contributed by atoms with Gasteiger partial charge in [-0.15, -0.1) is 0 Å². The molecule has 0 aliphatic heterocycles. The summed E-state index contributed by atoms with van der Waals surface area (Å²) in [4.78, 5) is 19.0. The molecule has 0 fully saturated rings. The number of halogens is 2. The van der Waals surface area contributed by atoms with Crippen LogP contribution in [0.1, 0.15) is 27.0 Å². The number of hydrogen-bond donors (Lipinski definition) is 1. The van der Waals surface area contributed by atoms with Crippen molar-refractivity contribution in [3.63, 3.8) is 0 Å². The van der Waals surface area contributed by atoms with E-state index in [1.165, 1.54) is 12.1 Å². The summed E-state index contributed by atoms with van der Waals surface area (Å²) < 4.78 is 13.3. The molecule has 0 aliphatic carbocycles. The molecular formula is C24H19ClFN4O+. The number of benzene rings is 3. The number of hydrogen-bond acceptors (Lipinski definition) is 2. The van der Waals surface area contributed by atoms with Crippen LogP contribution in [0, 0.1) is 5.82 Å². The van der Waals surface area contributed by atoms with E-state index in [9.17, 15) is 9.18 Å². The van der Waals surface area contributed by atoms with Crippen LogP contribution < -0.4 is 4.91 Å². The van der Waals surface area contributed by atoms with Gasteiger partial charge in [-0.2, -0.15) is 0 Å². The smallest absolute Gasteiger partial charge is 0.360 e. The monoisotopic (exact) mass is 433 g/mol. The maximum absolute atomic E-state index is 13.3. The maximum Gasteiger partial charge on any atom is 0.360 e. The van der Waals surface area contributed by atoms with Crippen LogP contribution in [0.5, 0.6) is 0 Å². The van der Waals surface area contributed by atoms with Gasteiger partial charge in [0.1, 0.15) is 17.5 Å². The summed E-state index contributed by atoms with van der Waals surface area (Å²) in [5.41, 5.74) is 4.36. The lowest BCUT2D eigenvalue weighted by atomic mass is 10.0. The largest absolute Gasteiger partial charge is 0.361 e. The average molecular weight is 434 g/mol. The van der Waals surface area contributed by atoms with E-state index in [1.807, 2.05) is 42.6 Å². The number of nitrogens with one attached hydrogen (secondary N) is 1. The van der Waals surface area contributed by atoms with Gasteiger partial charge in [-0.05, 0) is 65.6 Å². The molecule has 0 saturated heterocycles. The third kappa shape index (κ3) is 5.31. The van der Waals surface area contributed by atoms with E-state index in [0.717, 1.165) is 27.6 Å². The van der Waals surface area contributed by atoms with Crippen molar-refractivity contribution in [2.45, 2.75) is 12.8 Å². The van der Waals surface area contributed by atoms with Crippen LogP contribution in [-0.4, -0.2) is 17.4 Å². The number of aromatic amines is 1. The van der Waals surface area contributed by atoms with E-state index >= 15 is 0 Å². The zero-order chi connectivity index (χ0) is 21.6. The van der Waals surface area contributed by atoms with E-state index in [1.54, 1.807) is 18.2 Å². The second-order valence-corrected chi connectivity index (χ2v) is 7.55. The summed E-state index contributed by atoms with van der Waals surface area (Å²) in [6.07, 6.45) is 3.16. The van der Waals surface area contributed by atoms with Crippen LogP contribution in [0.15, 0.2) is 83.2 Å². The third-order valence-electron chi connectivity index (χ3n) is 4.91. The number of aromatic nitrogens is 1. The van der Waals surface area contributed by atoms with Gasteiger partial charge < -0.3 is 4.98 Å². The lowest BCUT2D eigenvalue weighted by Crippen LogP contribution is -1.96. The summed E-state index contributed by atoms with van der Waals surface area (Å²) in [6.45, 7) is 0.406. The molecule has 1 N–H and O–H groups in total. The van der Waals surface area contributed by atoms with Crippen LogP contribution in [0.2, 0.25) is 5.02 Å². The number of nitrogens with zero attached hydrogens (tertiary/aromatic N) is 3. The second kappa shape index (κ2) is 9.47. The van der Waals surface area contributed by atoms with E-state index in [-0.39, 0.29) is 5.82 Å². The van der Waals surface area contributed by atoms with Gasteiger partial charge in [-0.1, -0.05) is 35.9 Å². The number of carbonyl (C=O) groups is 1. The summed E-state index contributed by atoms with van der Waals surface area (Å²) in [7, 11) is 0. The first-order chi connectivity index (χ1) is 15.1. The molecule has 31 heavy (non-hydrogen) atoms. The van der Waals surface area contributed by atoms with Crippen molar-refractivity contribution in [2.75, 3.05) is 6.54 Å². The first kappa shape index (κ1) is 20.7. The molecule has 0 aliphatic rings. The molecule has 0 unspecified atom stereocenters. The molecule has 1 aromatic heterocycles. The Balaban J connectivity index is 1.34. The Morgan fingerprint density at radius 3 is 2.68 bits per heavy atom. The van der Waals surface area contributed by atoms with Crippen LogP contribution in [0.3, 0.4) is 0 Å². The predicted molar refractivity (Wildman–Crippen MR) is 119 cm³/mol.